The highest BCUT2D eigenvalue weighted by molar-refractivity contribution is 5.40. The van der Waals surface area contributed by atoms with Crippen molar-refractivity contribution >= 4 is 5.82 Å². The van der Waals surface area contributed by atoms with Gasteiger partial charge in [-0.2, -0.15) is 0 Å². The molecule has 0 aromatic carbocycles. The SMILES string of the molecule is Cc1ccnc(NC(C)(CN)C(C)C)c1. The summed E-state index contributed by atoms with van der Waals surface area (Å²) < 4.78 is 0. The maximum Gasteiger partial charge on any atom is 0.126 e. The van der Waals surface area contributed by atoms with Crippen LogP contribution in [0.1, 0.15) is 26.3 Å². The van der Waals surface area contributed by atoms with Gasteiger partial charge in [-0.3, -0.25) is 0 Å². The molecule has 0 amide bonds. The fourth-order valence-electron chi connectivity index (χ4n) is 1.33. The Balaban J connectivity index is 2.84. The van der Waals surface area contributed by atoms with Crippen molar-refractivity contribution in [2.75, 3.05) is 11.9 Å². The second kappa shape index (κ2) is 4.62. The molecule has 3 N–H and O–H groups in total. The lowest BCUT2D eigenvalue weighted by molar-refractivity contribution is 0.381. The van der Waals surface area contributed by atoms with Gasteiger partial charge < -0.3 is 11.1 Å². The molecular formula is C12H21N3. The van der Waals surface area contributed by atoms with E-state index in [2.05, 4.69) is 38.0 Å². The van der Waals surface area contributed by atoms with Gasteiger partial charge in [0, 0.05) is 12.7 Å². The molecular weight excluding hydrogens is 186 g/mol. The normalized spacial score (nSPS) is 15.1. The van der Waals surface area contributed by atoms with Crippen molar-refractivity contribution in [1.82, 2.24) is 4.98 Å². The molecule has 1 heterocycles. The van der Waals surface area contributed by atoms with Crippen molar-refractivity contribution in [2.45, 2.75) is 33.2 Å². The Morgan fingerprint density at radius 1 is 1.53 bits per heavy atom. The Morgan fingerprint density at radius 3 is 2.67 bits per heavy atom. The first kappa shape index (κ1) is 12.0. The van der Waals surface area contributed by atoms with Crippen LogP contribution in [-0.2, 0) is 0 Å². The molecule has 0 aliphatic rings. The van der Waals surface area contributed by atoms with Gasteiger partial charge in [0.15, 0.2) is 0 Å². The molecule has 0 aliphatic carbocycles. The Hall–Kier alpha value is -1.09. The molecule has 0 radical (unpaired) electrons. The van der Waals surface area contributed by atoms with Crippen LogP contribution < -0.4 is 11.1 Å². The lowest BCUT2D eigenvalue weighted by Gasteiger charge is -2.34. The number of hydrogen-bond acceptors (Lipinski definition) is 3. The third-order valence-electron chi connectivity index (χ3n) is 3.03. The summed E-state index contributed by atoms with van der Waals surface area (Å²) in [6.45, 7) is 9.11. The van der Waals surface area contributed by atoms with Crippen molar-refractivity contribution in [2.24, 2.45) is 11.7 Å². The number of aryl methyl sites for hydroxylation is 1. The van der Waals surface area contributed by atoms with Crippen LogP contribution in [0.4, 0.5) is 5.82 Å². The number of hydrogen-bond donors (Lipinski definition) is 2. The van der Waals surface area contributed by atoms with Gasteiger partial charge in [-0.25, -0.2) is 4.98 Å². The number of nitrogens with zero attached hydrogens (tertiary/aromatic N) is 1. The third-order valence-corrected chi connectivity index (χ3v) is 3.03. The summed E-state index contributed by atoms with van der Waals surface area (Å²) >= 11 is 0. The maximum absolute atomic E-state index is 5.80. The van der Waals surface area contributed by atoms with Gasteiger partial charge in [0.05, 0.1) is 5.54 Å². The van der Waals surface area contributed by atoms with E-state index < -0.39 is 0 Å². The van der Waals surface area contributed by atoms with Gasteiger partial charge in [0.2, 0.25) is 0 Å². The van der Waals surface area contributed by atoms with Gasteiger partial charge in [-0.05, 0) is 37.5 Å². The molecule has 1 unspecified atom stereocenters. The summed E-state index contributed by atoms with van der Waals surface area (Å²) in [5.74, 6) is 1.36. The van der Waals surface area contributed by atoms with Crippen LogP contribution in [0.25, 0.3) is 0 Å². The average molecular weight is 207 g/mol. The van der Waals surface area contributed by atoms with E-state index in [9.17, 15) is 0 Å². The summed E-state index contributed by atoms with van der Waals surface area (Å²) in [4.78, 5) is 4.29. The largest absolute Gasteiger partial charge is 0.363 e. The summed E-state index contributed by atoms with van der Waals surface area (Å²) in [6, 6.07) is 4.02. The molecule has 1 rings (SSSR count). The average Bonchev–Trinajstić information content (AvgIpc) is 2.17. The third kappa shape index (κ3) is 2.93. The van der Waals surface area contributed by atoms with E-state index in [1.54, 1.807) is 0 Å². The zero-order chi connectivity index (χ0) is 11.5. The van der Waals surface area contributed by atoms with Crippen LogP contribution in [0.2, 0.25) is 0 Å². The second-order valence-electron chi connectivity index (χ2n) is 4.62. The monoisotopic (exact) mass is 207 g/mol. The lowest BCUT2D eigenvalue weighted by Crippen LogP contribution is -2.47. The molecule has 1 aromatic heterocycles. The zero-order valence-electron chi connectivity index (χ0n) is 10.0. The van der Waals surface area contributed by atoms with Crippen molar-refractivity contribution in [3.63, 3.8) is 0 Å². The van der Waals surface area contributed by atoms with Crippen molar-refractivity contribution in [3.8, 4) is 0 Å². The fourth-order valence-corrected chi connectivity index (χ4v) is 1.33. The number of rotatable bonds is 4. The molecule has 84 valence electrons. The first-order chi connectivity index (χ1) is 6.98. The van der Waals surface area contributed by atoms with Crippen molar-refractivity contribution < 1.29 is 0 Å². The van der Waals surface area contributed by atoms with E-state index >= 15 is 0 Å². The summed E-state index contributed by atoms with van der Waals surface area (Å²) in [5.41, 5.74) is 6.91. The van der Waals surface area contributed by atoms with Crippen LogP contribution in [0.15, 0.2) is 18.3 Å². The molecule has 0 bridgehead atoms. The van der Waals surface area contributed by atoms with E-state index in [1.165, 1.54) is 5.56 Å². The molecule has 15 heavy (non-hydrogen) atoms. The Bertz CT molecular complexity index is 322. The minimum absolute atomic E-state index is 0.0964. The fraction of sp³-hybridized carbons (Fsp3) is 0.583. The van der Waals surface area contributed by atoms with Gasteiger partial charge in [-0.15, -0.1) is 0 Å². The maximum atomic E-state index is 5.80. The molecule has 3 heteroatoms. The zero-order valence-corrected chi connectivity index (χ0v) is 10.0. The number of pyridine rings is 1. The van der Waals surface area contributed by atoms with E-state index in [0.29, 0.717) is 12.5 Å². The standard InChI is InChI=1S/C12H21N3/c1-9(2)12(4,8-13)15-11-7-10(3)5-6-14-11/h5-7,9H,8,13H2,1-4H3,(H,14,15). The molecule has 0 spiro atoms. The second-order valence-corrected chi connectivity index (χ2v) is 4.62. The first-order valence-corrected chi connectivity index (χ1v) is 5.39. The molecule has 0 saturated heterocycles. The number of aromatic nitrogens is 1. The summed E-state index contributed by atoms with van der Waals surface area (Å²) in [5, 5.41) is 3.41. The molecule has 3 nitrogen and oxygen atoms in total. The minimum atomic E-state index is -0.0964. The summed E-state index contributed by atoms with van der Waals surface area (Å²) in [7, 11) is 0. The van der Waals surface area contributed by atoms with Crippen LogP contribution in [0.5, 0.6) is 0 Å². The van der Waals surface area contributed by atoms with Crippen LogP contribution in [-0.4, -0.2) is 17.1 Å². The molecule has 0 aliphatic heterocycles. The molecule has 0 fully saturated rings. The highest BCUT2D eigenvalue weighted by Gasteiger charge is 2.26. The highest BCUT2D eigenvalue weighted by Crippen LogP contribution is 2.20. The van der Waals surface area contributed by atoms with E-state index in [0.717, 1.165) is 5.82 Å². The van der Waals surface area contributed by atoms with Crippen LogP contribution in [0, 0.1) is 12.8 Å². The predicted octanol–water partition coefficient (Wildman–Crippen LogP) is 2.18. The topological polar surface area (TPSA) is 50.9 Å². The number of nitrogens with two attached hydrogens (primary N) is 1. The van der Waals surface area contributed by atoms with Crippen LogP contribution >= 0.6 is 0 Å². The first-order valence-electron chi connectivity index (χ1n) is 5.39. The lowest BCUT2D eigenvalue weighted by atomic mass is 9.88. The van der Waals surface area contributed by atoms with Gasteiger partial charge in [0.25, 0.3) is 0 Å². The van der Waals surface area contributed by atoms with E-state index in [-0.39, 0.29) is 5.54 Å². The summed E-state index contributed by atoms with van der Waals surface area (Å²) in [6.07, 6.45) is 1.81. The van der Waals surface area contributed by atoms with Gasteiger partial charge in [0.1, 0.15) is 5.82 Å². The molecule has 1 aromatic rings. The van der Waals surface area contributed by atoms with Crippen molar-refractivity contribution in [1.29, 1.82) is 0 Å². The quantitative estimate of drug-likeness (QED) is 0.795. The number of nitrogens with one attached hydrogen (secondary N) is 1. The van der Waals surface area contributed by atoms with Gasteiger partial charge >= 0.3 is 0 Å². The molecule has 0 saturated carbocycles. The Morgan fingerprint density at radius 2 is 2.20 bits per heavy atom. The van der Waals surface area contributed by atoms with Crippen molar-refractivity contribution in [3.05, 3.63) is 23.9 Å². The van der Waals surface area contributed by atoms with Crippen LogP contribution in [0.3, 0.4) is 0 Å². The van der Waals surface area contributed by atoms with E-state index in [1.807, 2.05) is 18.3 Å². The van der Waals surface area contributed by atoms with E-state index in [4.69, 9.17) is 5.73 Å². The molecule has 1 atom stereocenters. The van der Waals surface area contributed by atoms with Gasteiger partial charge in [-0.1, -0.05) is 13.8 Å². The number of anilines is 1. The highest BCUT2D eigenvalue weighted by atomic mass is 15.1. The smallest absolute Gasteiger partial charge is 0.126 e. The Kier molecular flexibility index (Phi) is 3.69. The Labute approximate surface area is 92.1 Å². The predicted molar refractivity (Wildman–Crippen MR) is 64.9 cm³/mol. The minimum Gasteiger partial charge on any atom is -0.363 e.